The van der Waals surface area contributed by atoms with Crippen LogP contribution in [0.1, 0.15) is 47.4 Å². The molecule has 6 nitrogen and oxygen atoms in total. The summed E-state index contributed by atoms with van der Waals surface area (Å²) in [6.07, 6.45) is 2.46. The van der Waals surface area contributed by atoms with E-state index in [1.165, 1.54) is 29.4 Å². The molecule has 38 heavy (non-hydrogen) atoms. The van der Waals surface area contributed by atoms with Gasteiger partial charge in [-0.05, 0) is 84.7 Å². The molecule has 0 N–H and O–H groups in total. The Morgan fingerprint density at radius 2 is 1.74 bits per heavy atom. The minimum absolute atomic E-state index is 0.0216. The molecule has 1 atom stereocenters. The normalized spacial score (nSPS) is 17.0. The summed E-state index contributed by atoms with van der Waals surface area (Å²) < 4.78 is 28.4. The summed E-state index contributed by atoms with van der Waals surface area (Å²) in [5, 5.41) is 0. The second-order valence-corrected chi connectivity index (χ2v) is 10.3. The molecule has 6 heteroatoms. The molecular weight excluding hydrogens is 480 g/mol. The maximum Gasteiger partial charge on any atom is 0.306 e. The van der Waals surface area contributed by atoms with Gasteiger partial charge in [0, 0.05) is 30.8 Å². The van der Waals surface area contributed by atoms with Gasteiger partial charge in [0.05, 0.1) is 26.7 Å². The van der Waals surface area contributed by atoms with Gasteiger partial charge in [0.15, 0.2) is 0 Å². The number of hydrogen-bond acceptors (Lipinski definition) is 6. The molecule has 2 heterocycles. The highest BCUT2D eigenvalue weighted by molar-refractivity contribution is 5.72. The topological polar surface area (TPSA) is 63.2 Å². The van der Waals surface area contributed by atoms with Crippen molar-refractivity contribution in [1.82, 2.24) is 0 Å². The fraction of sp³-hybridized carbons (Fsp3) is 0.406. The average molecular weight is 517 g/mol. The van der Waals surface area contributed by atoms with Crippen LogP contribution in [-0.4, -0.2) is 39.5 Å². The van der Waals surface area contributed by atoms with E-state index in [1.807, 2.05) is 18.2 Å². The third-order valence-electron chi connectivity index (χ3n) is 7.46. The van der Waals surface area contributed by atoms with Crippen LogP contribution >= 0.6 is 0 Å². The van der Waals surface area contributed by atoms with Crippen molar-refractivity contribution in [3.05, 3.63) is 76.9 Å². The van der Waals surface area contributed by atoms with E-state index in [2.05, 4.69) is 50.2 Å². The van der Waals surface area contributed by atoms with E-state index in [0.717, 1.165) is 61.0 Å². The summed E-state index contributed by atoms with van der Waals surface area (Å²) in [6, 6.07) is 18.6. The number of hydrogen-bond donors (Lipinski definition) is 0. The molecule has 0 radical (unpaired) electrons. The first kappa shape index (κ1) is 26.1. The van der Waals surface area contributed by atoms with Gasteiger partial charge in [-0.15, -0.1) is 0 Å². The summed E-state index contributed by atoms with van der Waals surface area (Å²) in [7, 11) is 1.41. The summed E-state index contributed by atoms with van der Waals surface area (Å²) in [4.78, 5) is 11.7. The van der Waals surface area contributed by atoms with E-state index in [1.54, 1.807) is 0 Å². The highest BCUT2D eigenvalue weighted by Crippen LogP contribution is 2.39. The van der Waals surface area contributed by atoms with Gasteiger partial charge in [-0.1, -0.05) is 24.3 Å². The molecule has 5 rings (SSSR count). The fourth-order valence-electron chi connectivity index (χ4n) is 5.37. The lowest BCUT2D eigenvalue weighted by Gasteiger charge is -2.22. The van der Waals surface area contributed by atoms with E-state index in [-0.39, 0.29) is 11.9 Å². The molecule has 0 aromatic heterocycles. The van der Waals surface area contributed by atoms with E-state index >= 15 is 0 Å². The number of carbonyl (C=O) groups excluding carboxylic acids is 1. The Balaban J connectivity index is 1.23. The number of rotatable bonds is 9. The van der Waals surface area contributed by atoms with Crippen molar-refractivity contribution in [2.75, 3.05) is 33.5 Å². The number of aryl methyl sites for hydroxylation is 2. The van der Waals surface area contributed by atoms with Gasteiger partial charge < -0.3 is 23.7 Å². The summed E-state index contributed by atoms with van der Waals surface area (Å²) in [6.45, 7) is 7.63. The quantitative estimate of drug-likeness (QED) is 0.307. The van der Waals surface area contributed by atoms with Crippen LogP contribution in [0.3, 0.4) is 0 Å². The maximum absolute atomic E-state index is 11.7. The van der Waals surface area contributed by atoms with E-state index < -0.39 is 0 Å². The monoisotopic (exact) mass is 516 g/mol. The van der Waals surface area contributed by atoms with Crippen LogP contribution in [0.15, 0.2) is 54.6 Å². The number of fused-ring (bicyclic) bond motifs is 1. The number of benzene rings is 3. The molecule has 2 aliphatic heterocycles. The molecule has 1 fully saturated rings. The zero-order valence-corrected chi connectivity index (χ0v) is 22.5. The van der Waals surface area contributed by atoms with Crippen molar-refractivity contribution in [3.63, 3.8) is 0 Å². The van der Waals surface area contributed by atoms with Crippen LogP contribution in [-0.2, 0) is 20.9 Å². The number of esters is 1. The lowest BCUT2D eigenvalue weighted by Crippen LogP contribution is -2.21. The Bertz CT molecular complexity index is 1250. The SMILES string of the molecule is COC(=O)CC1COc2cc(OCc3cccc(-c4c(C)cc(OCC5CCOCC5)cc4C)c3)ccc21. The summed E-state index contributed by atoms with van der Waals surface area (Å²) >= 11 is 0. The predicted molar refractivity (Wildman–Crippen MR) is 146 cm³/mol. The molecule has 0 amide bonds. The first-order chi connectivity index (χ1) is 18.5. The molecule has 3 aromatic rings. The van der Waals surface area contributed by atoms with E-state index in [0.29, 0.717) is 25.6 Å². The molecule has 200 valence electrons. The van der Waals surface area contributed by atoms with Crippen LogP contribution in [0.4, 0.5) is 0 Å². The van der Waals surface area contributed by atoms with Crippen LogP contribution in [0.5, 0.6) is 17.2 Å². The zero-order chi connectivity index (χ0) is 26.5. The van der Waals surface area contributed by atoms with Gasteiger partial charge in [-0.2, -0.15) is 0 Å². The molecule has 2 aliphatic rings. The Morgan fingerprint density at radius 1 is 0.947 bits per heavy atom. The number of methoxy groups -OCH3 is 1. The number of carbonyl (C=O) groups is 1. The molecule has 3 aromatic carbocycles. The molecule has 0 bridgehead atoms. The first-order valence-electron chi connectivity index (χ1n) is 13.4. The molecule has 1 unspecified atom stereocenters. The van der Waals surface area contributed by atoms with Crippen molar-refractivity contribution in [2.24, 2.45) is 5.92 Å². The van der Waals surface area contributed by atoms with Crippen molar-refractivity contribution < 1.29 is 28.5 Å². The summed E-state index contributed by atoms with van der Waals surface area (Å²) in [5.74, 6) is 2.81. The minimum atomic E-state index is -0.228. The van der Waals surface area contributed by atoms with Crippen LogP contribution in [0, 0.1) is 19.8 Å². The van der Waals surface area contributed by atoms with Gasteiger partial charge >= 0.3 is 5.97 Å². The molecule has 0 spiro atoms. The lowest BCUT2D eigenvalue weighted by molar-refractivity contribution is -0.141. The molecule has 0 saturated carbocycles. The van der Waals surface area contributed by atoms with Crippen molar-refractivity contribution in [1.29, 1.82) is 0 Å². The lowest BCUT2D eigenvalue weighted by atomic mass is 9.94. The van der Waals surface area contributed by atoms with Crippen LogP contribution < -0.4 is 14.2 Å². The Morgan fingerprint density at radius 3 is 2.50 bits per heavy atom. The second-order valence-electron chi connectivity index (χ2n) is 10.3. The van der Waals surface area contributed by atoms with Gasteiger partial charge in [0.1, 0.15) is 23.9 Å². The summed E-state index contributed by atoms with van der Waals surface area (Å²) in [5.41, 5.74) is 6.90. The average Bonchev–Trinajstić information content (AvgIpc) is 3.33. The Labute approximate surface area is 224 Å². The van der Waals surface area contributed by atoms with Crippen molar-refractivity contribution in [2.45, 2.75) is 45.6 Å². The zero-order valence-electron chi connectivity index (χ0n) is 22.5. The van der Waals surface area contributed by atoms with E-state index in [9.17, 15) is 4.79 Å². The van der Waals surface area contributed by atoms with Crippen molar-refractivity contribution >= 4 is 5.97 Å². The Hall–Kier alpha value is -3.51. The smallest absolute Gasteiger partial charge is 0.306 e. The Kier molecular flexibility index (Phi) is 8.18. The van der Waals surface area contributed by atoms with Crippen molar-refractivity contribution in [3.8, 4) is 28.4 Å². The first-order valence-corrected chi connectivity index (χ1v) is 13.4. The molecule has 0 aliphatic carbocycles. The highest BCUT2D eigenvalue weighted by Gasteiger charge is 2.27. The van der Waals surface area contributed by atoms with Gasteiger partial charge in [-0.3, -0.25) is 4.79 Å². The van der Waals surface area contributed by atoms with Gasteiger partial charge in [0.25, 0.3) is 0 Å². The third-order valence-corrected chi connectivity index (χ3v) is 7.46. The maximum atomic E-state index is 11.7. The predicted octanol–water partition coefficient (Wildman–Crippen LogP) is 6.39. The van der Waals surface area contributed by atoms with Crippen LogP contribution in [0.2, 0.25) is 0 Å². The molecule has 1 saturated heterocycles. The fourth-order valence-corrected chi connectivity index (χ4v) is 5.37. The minimum Gasteiger partial charge on any atom is -0.493 e. The van der Waals surface area contributed by atoms with E-state index in [4.69, 9.17) is 23.7 Å². The van der Waals surface area contributed by atoms with Gasteiger partial charge in [-0.25, -0.2) is 0 Å². The third kappa shape index (κ3) is 6.13. The largest absolute Gasteiger partial charge is 0.493 e. The standard InChI is InChI=1S/C32H36O6/c1-21-13-28(37-18-23-9-11-35-12-10-23)14-22(2)32(21)25-6-4-5-24(15-25)19-36-27-7-8-29-26(16-31(33)34-3)20-38-30(29)17-27/h4-8,13-15,17,23,26H,9-12,16,18-20H2,1-3H3. The van der Waals surface area contributed by atoms with Gasteiger partial charge in [0.2, 0.25) is 0 Å². The second kappa shape index (κ2) is 11.9. The highest BCUT2D eigenvalue weighted by atomic mass is 16.5. The number of ether oxygens (including phenoxy) is 5. The van der Waals surface area contributed by atoms with Crippen LogP contribution in [0.25, 0.3) is 11.1 Å². The molecular formula is C32H36O6.